The molecule has 3 aromatic rings. The molecule has 0 radical (unpaired) electrons. The fourth-order valence-electron chi connectivity index (χ4n) is 1.96. The normalized spacial score (nSPS) is 11.6. The third-order valence-corrected chi connectivity index (χ3v) is 2.98. The molecule has 0 spiro atoms. The van der Waals surface area contributed by atoms with Crippen molar-refractivity contribution < 1.29 is 9.36 Å². The van der Waals surface area contributed by atoms with Gasteiger partial charge >= 0.3 is 5.76 Å². The molecule has 0 aliphatic carbocycles. The van der Waals surface area contributed by atoms with Crippen molar-refractivity contribution in [2.45, 2.75) is 6.73 Å². The van der Waals surface area contributed by atoms with E-state index in [0.29, 0.717) is 11.5 Å². The van der Waals surface area contributed by atoms with Crippen molar-refractivity contribution in [3.63, 3.8) is 0 Å². The van der Waals surface area contributed by atoms with Crippen molar-refractivity contribution in [1.29, 1.82) is 0 Å². The van der Waals surface area contributed by atoms with Crippen LogP contribution >= 0.6 is 0 Å². The molecular formula is C14H14N6O3. The highest BCUT2D eigenvalue weighted by Gasteiger charge is 2.16. The zero-order valence-corrected chi connectivity index (χ0v) is 12.3. The highest BCUT2D eigenvalue weighted by molar-refractivity contribution is 6.10. The van der Waals surface area contributed by atoms with Gasteiger partial charge in [-0.3, -0.25) is 0 Å². The second kappa shape index (κ2) is 6.18. The number of aromatic nitrogens is 4. The fraction of sp³-hybridized carbons (Fsp3) is 0.143. The Bertz CT molecular complexity index is 877. The first-order valence-electron chi connectivity index (χ1n) is 6.72. The molecule has 23 heavy (non-hydrogen) atoms. The number of nitrogens with two attached hydrogens (primary N) is 1. The second-order valence-corrected chi connectivity index (χ2v) is 4.63. The first-order valence-corrected chi connectivity index (χ1v) is 6.72. The summed E-state index contributed by atoms with van der Waals surface area (Å²) in [6.07, 6.45) is 1.67. The van der Waals surface area contributed by atoms with E-state index in [4.69, 9.17) is 15.1 Å². The highest BCUT2D eigenvalue weighted by Crippen LogP contribution is 2.08. The van der Waals surface area contributed by atoms with E-state index in [1.54, 1.807) is 19.3 Å². The van der Waals surface area contributed by atoms with Crippen LogP contribution < -0.4 is 11.5 Å². The summed E-state index contributed by atoms with van der Waals surface area (Å²) in [5.41, 5.74) is 6.64. The SMILES string of the molecule is Cn1oc(=O)nc1/C(=N\OCn1ccc(N)n1)c1ccccc1. The zero-order valence-electron chi connectivity index (χ0n) is 12.3. The van der Waals surface area contributed by atoms with Crippen molar-refractivity contribution in [3.05, 3.63) is 64.5 Å². The van der Waals surface area contributed by atoms with Gasteiger partial charge in [-0.1, -0.05) is 35.5 Å². The predicted molar refractivity (Wildman–Crippen MR) is 81.5 cm³/mol. The van der Waals surface area contributed by atoms with Gasteiger partial charge in [0, 0.05) is 24.9 Å². The van der Waals surface area contributed by atoms with Gasteiger partial charge < -0.3 is 15.1 Å². The summed E-state index contributed by atoms with van der Waals surface area (Å²) < 4.78 is 7.59. The Balaban J connectivity index is 1.90. The lowest BCUT2D eigenvalue weighted by Gasteiger charge is -2.06. The van der Waals surface area contributed by atoms with E-state index in [9.17, 15) is 4.79 Å². The lowest BCUT2D eigenvalue weighted by molar-refractivity contribution is 0.0755. The molecule has 9 heteroatoms. The van der Waals surface area contributed by atoms with Gasteiger partial charge in [0.25, 0.3) is 0 Å². The lowest BCUT2D eigenvalue weighted by Crippen LogP contribution is -2.12. The van der Waals surface area contributed by atoms with E-state index in [2.05, 4.69) is 15.2 Å². The average Bonchev–Trinajstić information content (AvgIpc) is 3.10. The smallest absolute Gasteiger partial charge is 0.382 e. The maximum Gasteiger partial charge on any atom is 0.460 e. The Kier molecular flexibility index (Phi) is 3.91. The van der Waals surface area contributed by atoms with Crippen LogP contribution in [-0.2, 0) is 18.6 Å². The fourth-order valence-corrected chi connectivity index (χ4v) is 1.96. The van der Waals surface area contributed by atoms with Crippen molar-refractivity contribution in [2.75, 3.05) is 5.73 Å². The number of hydrogen-bond acceptors (Lipinski definition) is 7. The number of nitrogens with zero attached hydrogens (tertiary/aromatic N) is 5. The van der Waals surface area contributed by atoms with Crippen LogP contribution in [0.3, 0.4) is 0 Å². The maximum absolute atomic E-state index is 11.3. The summed E-state index contributed by atoms with van der Waals surface area (Å²) in [6, 6.07) is 10.9. The third kappa shape index (κ3) is 3.28. The number of rotatable bonds is 5. The van der Waals surface area contributed by atoms with Gasteiger partial charge in [0.05, 0.1) is 0 Å². The van der Waals surface area contributed by atoms with Crippen LogP contribution in [0, 0.1) is 0 Å². The molecule has 0 aliphatic heterocycles. The molecule has 9 nitrogen and oxygen atoms in total. The Hall–Kier alpha value is -3.36. The number of benzene rings is 1. The second-order valence-electron chi connectivity index (χ2n) is 4.63. The van der Waals surface area contributed by atoms with E-state index >= 15 is 0 Å². The number of oxime groups is 1. The molecular weight excluding hydrogens is 300 g/mol. The summed E-state index contributed by atoms with van der Waals surface area (Å²) in [6.45, 7) is 0.0688. The largest absolute Gasteiger partial charge is 0.460 e. The molecule has 0 saturated carbocycles. The van der Waals surface area contributed by atoms with Crippen LogP contribution in [0.2, 0.25) is 0 Å². The molecule has 3 rings (SSSR count). The molecule has 2 N–H and O–H groups in total. The minimum atomic E-state index is -0.703. The standard InChI is InChI=1S/C14H14N6O3/c1-19-13(16-14(21)23-19)12(10-5-3-2-4-6-10)18-22-9-20-8-7-11(15)17-20/h2-8H,9H2,1H3,(H2,15,17)/b18-12-. The Labute approximate surface area is 130 Å². The minimum absolute atomic E-state index is 0.0688. The zero-order chi connectivity index (χ0) is 16.2. The van der Waals surface area contributed by atoms with E-state index in [1.807, 2.05) is 30.3 Å². The Morgan fingerprint density at radius 2 is 2.13 bits per heavy atom. The predicted octanol–water partition coefficient (Wildman–Crippen LogP) is 0.579. The first-order chi connectivity index (χ1) is 11.1. The first kappa shape index (κ1) is 14.6. The summed E-state index contributed by atoms with van der Waals surface area (Å²) in [5, 5.41) is 8.06. The number of anilines is 1. The summed E-state index contributed by atoms with van der Waals surface area (Å²) >= 11 is 0. The van der Waals surface area contributed by atoms with Gasteiger partial charge in [0.15, 0.2) is 11.5 Å². The van der Waals surface area contributed by atoms with Crippen LogP contribution in [0.4, 0.5) is 5.82 Å². The monoisotopic (exact) mass is 314 g/mol. The molecule has 0 atom stereocenters. The minimum Gasteiger partial charge on any atom is -0.382 e. The molecule has 0 unspecified atom stereocenters. The van der Waals surface area contributed by atoms with Crippen LogP contribution in [0.15, 0.2) is 57.1 Å². The van der Waals surface area contributed by atoms with Crippen LogP contribution in [0.25, 0.3) is 0 Å². The molecule has 2 aromatic heterocycles. The van der Waals surface area contributed by atoms with Gasteiger partial charge in [-0.2, -0.15) is 14.8 Å². The van der Waals surface area contributed by atoms with Gasteiger partial charge in [-0.25, -0.2) is 9.48 Å². The molecule has 0 fully saturated rings. The van der Waals surface area contributed by atoms with E-state index in [1.165, 1.54) is 9.42 Å². The Morgan fingerprint density at radius 1 is 1.35 bits per heavy atom. The van der Waals surface area contributed by atoms with Crippen molar-refractivity contribution in [1.82, 2.24) is 19.5 Å². The van der Waals surface area contributed by atoms with Crippen molar-refractivity contribution in [3.8, 4) is 0 Å². The van der Waals surface area contributed by atoms with Gasteiger partial charge in [0.2, 0.25) is 6.73 Å². The van der Waals surface area contributed by atoms with Crippen LogP contribution in [0.5, 0.6) is 0 Å². The van der Waals surface area contributed by atoms with Crippen LogP contribution in [-0.4, -0.2) is 25.2 Å². The van der Waals surface area contributed by atoms with E-state index in [0.717, 1.165) is 5.56 Å². The number of aryl methyl sites for hydroxylation is 1. The topological polar surface area (TPSA) is 113 Å². The van der Waals surface area contributed by atoms with E-state index < -0.39 is 5.76 Å². The molecule has 0 aliphatic rings. The Morgan fingerprint density at radius 3 is 2.74 bits per heavy atom. The lowest BCUT2D eigenvalue weighted by atomic mass is 10.1. The number of nitrogen functional groups attached to an aromatic ring is 1. The van der Waals surface area contributed by atoms with Gasteiger partial charge in [-0.15, -0.1) is 0 Å². The number of hydrogen-bond donors (Lipinski definition) is 1. The summed E-state index contributed by atoms with van der Waals surface area (Å²) in [7, 11) is 1.57. The summed E-state index contributed by atoms with van der Waals surface area (Å²) in [5.74, 6) is -0.0491. The van der Waals surface area contributed by atoms with Crippen LogP contribution in [0.1, 0.15) is 11.4 Å². The average molecular weight is 314 g/mol. The highest BCUT2D eigenvalue weighted by atomic mass is 16.6. The van der Waals surface area contributed by atoms with Crippen molar-refractivity contribution in [2.24, 2.45) is 12.2 Å². The molecule has 0 amide bonds. The quantitative estimate of drug-likeness (QED) is 0.544. The van der Waals surface area contributed by atoms with Gasteiger partial charge in [0.1, 0.15) is 5.82 Å². The third-order valence-electron chi connectivity index (χ3n) is 2.98. The molecule has 2 heterocycles. The van der Waals surface area contributed by atoms with E-state index in [-0.39, 0.29) is 12.6 Å². The summed E-state index contributed by atoms with van der Waals surface area (Å²) in [4.78, 5) is 20.4. The molecule has 118 valence electrons. The molecule has 1 aromatic carbocycles. The van der Waals surface area contributed by atoms with Gasteiger partial charge in [-0.05, 0) is 0 Å². The van der Waals surface area contributed by atoms with Crippen molar-refractivity contribution >= 4 is 11.5 Å². The molecule has 0 saturated heterocycles. The molecule has 0 bridgehead atoms. The maximum atomic E-state index is 11.3.